The Labute approximate surface area is 684 Å². The number of unbranched alkanes of at least 4 members (excludes halogenated alkanes) is 9. The first-order chi connectivity index (χ1) is 38.5. The number of esters is 2. The zero-order valence-electron chi connectivity index (χ0n) is 55.2. The summed E-state index contributed by atoms with van der Waals surface area (Å²) in [7, 11) is 0. The van der Waals surface area contributed by atoms with Gasteiger partial charge >= 0.3 is 0 Å². The van der Waals surface area contributed by atoms with Gasteiger partial charge in [-0.3, -0.25) is 66.6 Å². The van der Waals surface area contributed by atoms with E-state index < -0.39 is 94.8 Å². The number of nitrogens with one attached hydrogen (secondary N) is 12. The zero-order valence-corrected chi connectivity index (χ0v) is 72.3. The Morgan fingerprint density at radius 3 is 0.787 bits per heavy atom. The van der Waals surface area contributed by atoms with Gasteiger partial charge in [0.15, 0.2) is 11.9 Å². The fraction of sp³-hybridized carbons (Fsp3) is 0.759. The molecule has 0 aromatic rings. The van der Waals surface area contributed by atoms with Crippen LogP contribution in [0.15, 0.2) is 0 Å². The largest absolute Gasteiger partial charge is 0.677 e. The Morgan fingerprint density at radius 2 is 0.607 bits per heavy atom. The monoisotopic (exact) mass is 1710 g/mol. The molecule has 1 aliphatic rings. The van der Waals surface area contributed by atoms with Crippen LogP contribution in [0, 0.1) is 21.3 Å². The summed E-state index contributed by atoms with van der Waals surface area (Å²) in [5, 5.41) is 24.4. The van der Waals surface area contributed by atoms with E-state index in [-0.39, 0.29) is 241 Å². The predicted molar refractivity (Wildman–Crippen MR) is 321 cm³/mol. The van der Waals surface area contributed by atoms with Crippen LogP contribution in [0.3, 0.4) is 0 Å². The van der Waals surface area contributed by atoms with Crippen LogP contribution >= 0.6 is 0 Å². The topological polar surface area (TPSA) is 386 Å². The summed E-state index contributed by atoms with van der Waals surface area (Å²) in [5.74, 6) is -5.43. The predicted octanol–water partition coefficient (Wildman–Crippen LogP) is 5.43. The van der Waals surface area contributed by atoms with Gasteiger partial charge in [0, 0.05) is 235 Å². The molecule has 0 spiro atoms. The molecule has 0 aromatic carbocycles. The summed E-state index contributed by atoms with van der Waals surface area (Å²) < 4.78 is 9.38. The van der Waals surface area contributed by atoms with Crippen LogP contribution < -0.4 is 47.9 Å². The van der Waals surface area contributed by atoms with Gasteiger partial charge in [0.25, 0.3) is 0 Å². The number of hydrogen-bond donors (Lipinski definition) is 9. The van der Waals surface area contributed by atoms with E-state index in [0.29, 0.717) is 116 Å². The maximum atomic E-state index is 13.7. The first-order valence-corrected chi connectivity index (χ1v) is 29.1. The van der Waals surface area contributed by atoms with Gasteiger partial charge < -0.3 is 82.0 Å². The Bertz CT molecular complexity index is 1760. The van der Waals surface area contributed by atoms with E-state index in [0.717, 1.165) is 38.5 Å². The molecule has 0 aromatic heterocycles. The van der Waals surface area contributed by atoms with Gasteiger partial charge in [-0.2, -0.15) is 19.6 Å². The molecule has 1 heterocycles. The third-order valence-electron chi connectivity index (χ3n) is 12.0. The van der Waals surface area contributed by atoms with Crippen LogP contribution in [0.4, 0.5) is 0 Å². The maximum absolute atomic E-state index is 13.7. The van der Waals surface area contributed by atoms with Gasteiger partial charge in [-0.05, 0) is 139 Å². The average molecular weight is 1710 g/mol. The molecule has 500 valence electrons. The molecular formula is C58H106N12O13Y6-6. The summed E-state index contributed by atoms with van der Waals surface area (Å²) in [6.45, 7) is 23.2. The van der Waals surface area contributed by atoms with Gasteiger partial charge in [0.1, 0.15) is 47.5 Å². The first kappa shape index (κ1) is 108. The fourth-order valence-corrected chi connectivity index (χ4v) is 7.65. The number of ether oxygens (including phenoxy) is 2. The number of amides is 9. The molecule has 1 saturated heterocycles. The molecule has 0 saturated carbocycles. The Hall–Kier alpha value is 0.413. The normalized spacial score (nSPS) is 17.7. The minimum atomic E-state index is -1.17. The van der Waals surface area contributed by atoms with Crippen LogP contribution in [0.5, 0.6) is 0 Å². The molecule has 25 nitrogen and oxygen atoms in total. The second-order valence-corrected chi connectivity index (χ2v) is 22.3. The van der Waals surface area contributed by atoms with Gasteiger partial charge in [-0.15, -0.1) is 0 Å². The summed E-state index contributed by atoms with van der Waals surface area (Å²) in [6.07, 6.45) is 10.6. The second-order valence-electron chi connectivity index (χ2n) is 22.3. The number of hydrogen-bond acceptors (Lipinski definition) is 13. The molecule has 0 aliphatic carbocycles. The summed E-state index contributed by atoms with van der Waals surface area (Å²) >= 11 is 0. The van der Waals surface area contributed by atoms with Crippen LogP contribution in [0.2, 0.25) is 0 Å². The maximum Gasteiger partial charge on any atom is 0.243 e. The SMILES string of the molecule is C[C@H]1NC(=O)[C@H](CCCCNC(=O)CCCCC[NH-])NC(=O)[C@@H](C)NC(=O)[C@H](CCCCNC(=O)CCCCC[NH-])NC(=O)[C@@H](C)NC(=O)[C@H](CCCCNC(=O)CCCCC[NH-])NC1=O.[CH2-]C(=O)OC(C)(C)C.[CH2-]C(=O)OC(C)(C)C.[CH3-].[Y].[Y].[Y].[Y].[Y].[Y]. The summed E-state index contributed by atoms with van der Waals surface area (Å²) in [5.41, 5.74) is 20.9. The quantitative estimate of drug-likeness (QED) is 0.0247. The van der Waals surface area contributed by atoms with Crippen molar-refractivity contribution in [1.82, 2.24) is 47.9 Å². The Balaban J connectivity index is -0.000000348. The van der Waals surface area contributed by atoms with E-state index in [1.165, 1.54) is 20.8 Å². The minimum Gasteiger partial charge on any atom is -0.677 e. The molecule has 12 N–H and O–H groups in total. The van der Waals surface area contributed by atoms with Crippen molar-refractivity contribution < 1.29 is 258 Å². The van der Waals surface area contributed by atoms with E-state index in [2.05, 4.69) is 71.2 Å². The number of carbonyl (C=O) groups excluding carboxylic acids is 11. The van der Waals surface area contributed by atoms with Crippen molar-refractivity contribution in [2.45, 2.75) is 245 Å². The first-order valence-electron chi connectivity index (χ1n) is 29.1. The minimum absolute atomic E-state index is 0. The van der Waals surface area contributed by atoms with Crippen LogP contribution in [-0.4, -0.2) is 152 Å². The van der Waals surface area contributed by atoms with Gasteiger partial charge in [0.2, 0.25) is 53.2 Å². The van der Waals surface area contributed by atoms with Crippen molar-refractivity contribution in [2.75, 3.05) is 39.3 Å². The Kier molecular flexibility index (Phi) is 79.8. The zero-order chi connectivity index (χ0) is 62.7. The summed E-state index contributed by atoms with van der Waals surface area (Å²) in [6, 6.07) is -6.95. The van der Waals surface area contributed by atoms with Crippen molar-refractivity contribution in [3.63, 3.8) is 0 Å². The van der Waals surface area contributed by atoms with Gasteiger partial charge in [-0.25, -0.2) is 0 Å². The molecule has 0 unspecified atom stereocenters. The van der Waals surface area contributed by atoms with Crippen molar-refractivity contribution in [2.24, 2.45) is 0 Å². The number of carbonyl (C=O) groups is 11. The van der Waals surface area contributed by atoms with Crippen molar-refractivity contribution in [3.05, 3.63) is 38.5 Å². The Morgan fingerprint density at radius 1 is 0.382 bits per heavy atom. The molecule has 6 radical (unpaired) electrons. The summed E-state index contributed by atoms with van der Waals surface area (Å²) in [4.78, 5) is 139. The fourth-order valence-electron chi connectivity index (χ4n) is 7.65. The average Bonchev–Trinajstić information content (AvgIpc) is 3.37. The smallest absolute Gasteiger partial charge is 0.243 e. The van der Waals surface area contributed by atoms with E-state index >= 15 is 0 Å². The van der Waals surface area contributed by atoms with E-state index in [9.17, 15) is 52.7 Å². The molecule has 1 fully saturated rings. The molecule has 1 aliphatic heterocycles. The van der Waals surface area contributed by atoms with E-state index in [1.807, 2.05) is 0 Å². The van der Waals surface area contributed by atoms with Gasteiger partial charge in [-0.1, -0.05) is 38.5 Å². The van der Waals surface area contributed by atoms with Crippen LogP contribution in [0.25, 0.3) is 17.2 Å². The molecular weight excluding hydrogens is 1610 g/mol. The van der Waals surface area contributed by atoms with E-state index in [4.69, 9.17) is 17.2 Å². The van der Waals surface area contributed by atoms with E-state index in [1.54, 1.807) is 41.5 Å². The third-order valence-corrected chi connectivity index (χ3v) is 12.0. The second kappa shape index (κ2) is 65.7. The van der Waals surface area contributed by atoms with Crippen molar-refractivity contribution in [1.29, 1.82) is 0 Å². The van der Waals surface area contributed by atoms with Crippen molar-refractivity contribution in [3.8, 4) is 0 Å². The number of rotatable bonds is 30. The molecule has 0 bridgehead atoms. The molecule has 89 heavy (non-hydrogen) atoms. The standard InChI is InChI=1S/C45H81N12O9.2C6H11O2.CH3.6Y/c1-31-40(61)55-35(20-11-17-29-50-38(59)23-8-5-14-26-47)44(65)53-33(3)42(63)57-36(21-12-18-30-51-39(60)24-9-6-15-27-48)45(66)54-32(2)41(62)56-34(43(64)52-31)19-10-16-28-49-37(58)22-7-4-13-25-46;2*1-5(7)8-6(2,3)4;;;;;;;/h31-36,46-48H,4-30H2,1-3H3,(H,49,58)(H,50,59)(H,51,60)(H,52,64)(H,53,65)(H,54,66)(H,55,61)(H,56,62)(H,57,63);2*1H2,2-4H3;1H3;;;;;;/q-3;3*-1;;;;;;/t31-,32-,33-,34+,35+,36+;;;;;;;;;/m1........./s1. The van der Waals surface area contributed by atoms with Gasteiger partial charge in [0.05, 0.1) is 0 Å². The molecule has 6 atom stereocenters. The molecule has 9 amide bonds. The van der Waals surface area contributed by atoms with Crippen LogP contribution in [0.1, 0.15) is 197 Å². The van der Waals surface area contributed by atoms with Crippen LogP contribution in [-0.2, 0) is 258 Å². The molecule has 31 heteroatoms. The molecule has 1 rings (SSSR count). The third kappa shape index (κ3) is 65.5. The van der Waals surface area contributed by atoms with Crippen molar-refractivity contribution >= 4 is 65.1 Å².